The second kappa shape index (κ2) is 9.84. The summed E-state index contributed by atoms with van der Waals surface area (Å²) in [5, 5.41) is 13.3. The maximum Gasteiger partial charge on any atom is 0.164 e. The molecule has 6 heterocycles. The average molecular weight is 548 g/mol. The van der Waals surface area contributed by atoms with Gasteiger partial charge in [-0.25, -0.2) is 13.9 Å². The summed E-state index contributed by atoms with van der Waals surface area (Å²) in [6.07, 6.45) is 7.00. The third-order valence-electron chi connectivity index (χ3n) is 8.08. The fraction of sp³-hybridized carbons (Fsp3) is 0.226. The van der Waals surface area contributed by atoms with E-state index in [1.807, 2.05) is 48.7 Å². The van der Waals surface area contributed by atoms with E-state index in [1.165, 1.54) is 0 Å². The van der Waals surface area contributed by atoms with Gasteiger partial charge in [0, 0.05) is 41.6 Å². The minimum Gasteiger partial charge on any atom is -0.378 e. The standard InChI is InChI=1S/C31H26FN7O2/c32-26-12-19(14-38-21-15-40-17-22(38)18-41-16-21)4-5-24(26)28-8-11-34-31-29(23-2-1-3-27-25(23)13-35-36-27)30(37-39(28)31)20-6-9-33-10-7-20/h1-13,21-22H,14-18H2,(H,35,36). The van der Waals surface area contributed by atoms with Crippen molar-refractivity contribution in [1.29, 1.82) is 0 Å². The Morgan fingerprint density at radius 3 is 2.49 bits per heavy atom. The van der Waals surface area contributed by atoms with Crippen LogP contribution >= 0.6 is 0 Å². The van der Waals surface area contributed by atoms with Crippen LogP contribution in [0, 0.1) is 5.82 Å². The van der Waals surface area contributed by atoms with Crippen LogP contribution in [0.1, 0.15) is 5.56 Å². The summed E-state index contributed by atoms with van der Waals surface area (Å²) in [5.41, 5.74) is 6.97. The Kier molecular flexibility index (Phi) is 5.83. The Labute approximate surface area is 234 Å². The van der Waals surface area contributed by atoms with Gasteiger partial charge in [-0.1, -0.05) is 18.2 Å². The first-order valence-electron chi connectivity index (χ1n) is 13.7. The molecule has 2 aromatic carbocycles. The topological polar surface area (TPSA) is 93.5 Å². The molecule has 2 saturated heterocycles. The maximum atomic E-state index is 15.9. The maximum absolute atomic E-state index is 15.9. The second-order valence-corrected chi connectivity index (χ2v) is 10.5. The molecule has 0 spiro atoms. The largest absolute Gasteiger partial charge is 0.378 e. The Morgan fingerprint density at radius 2 is 1.71 bits per heavy atom. The first-order valence-corrected chi connectivity index (χ1v) is 13.7. The second-order valence-electron chi connectivity index (χ2n) is 10.5. The number of nitrogens with zero attached hydrogens (tertiary/aromatic N) is 6. The molecule has 9 nitrogen and oxygen atoms in total. The van der Waals surface area contributed by atoms with Gasteiger partial charge in [-0.15, -0.1) is 0 Å². The molecule has 6 aromatic rings. The van der Waals surface area contributed by atoms with Crippen molar-refractivity contribution in [2.75, 3.05) is 26.4 Å². The molecule has 0 radical (unpaired) electrons. The van der Waals surface area contributed by atoms with Crippen molar-refractivity contribution in [2.24, 2.45) is 0 Å². The molecule has 2 aliphatic rings. The van der Waals surface area contributed by atoms with Crippen molar-refractivity contribution in [1.82, 2.24) is 34.7 Å². The number of hydrogen-bond donors (Lipinski definition) is 1. The van der Waals surface area contributed by atoms with E-state index in [2.05, 4.69) is 20.1 Å². The number of aromatic nitrogens is 6. The number of hydrogen-bond acceptors (Lipinski definition) is 7. The number of halogens is 1. The van der Waals surface area contributed by atoms with E-state index in [0.717, 1.165) is 38.9 Å². The third kappa shape index (κ3) is 4.10. The van der Waals surface area contributed by atoms with E-state index >= 15 is 4.39 Å². The quantitative estimate of drug-likeness (QED) is 0.333. The van der Waals surface area contributed by atoms with Gasteiger partial charge in [0.25, 0.3) is 0 Å². The molecular weight excluding hydrogens is 521 g/mol. The molecule has 0 aliphatic carbocycles. The highest BCUT2D eigenvalue weighted by Gasteiger charge is 2.35. The zero-order valence-electron chi connectivity index (χ0n) is 22.1. The highest BCUT2D eigenvalue weighted by atomic mass is 19.1. The van der Waals surface area contributed by atoms with E-state index < -0.39 is 0 Å². The van der Waals surface area contributed by atoms with Crippen LogP contribution in [0.3, 0.4) is 0 Å². The molecule has 4 aromatic heterocycles. The lowest BCUT2D eigenvalue weighted by Crippen LogP contribution is -2.58. The molecule has 2 fully saturated rings. The first-order chi connectivity index (χ1) is 20.2. The number of ether oxygens (including phenoxy) is 2. The Morgan fingerprint density at radius 1 is 0.902 bits per heavy atom. The predicted molar refractivity (Wildman–Crippen MR) is 151 cm³/mol. The van der Waals surface area contributed by atoms with Gasteiger partial charge in [0.1, 0.15) is 11.5 Å². The van der Waals surface area contributed by atoms with Crippen molar-refractivity contribution >= 4 is 16.6 Å². The fourth-order valence-corrected chi connectivity index (χ4v) is 6.09. The van der Waals surface area contributed by atoms with Gasteiger partial charge in [0.15, 0.2) is 5.65 Å². The van der Waals surface area contributed by atoms with E-state index in [4.69, 9.17) is 19.6 Å². The van der Waals surface area contributed by atoms with Crippen molar-refractivity contribution in [3.63, 3.8) is 0 Å². The Bertz CT molecular complexity index is 1860. The smallest absolute Gasteiger partial charge is 0.164 e. The Hall–Kier alpha value is -4.51. The molecule has 2 aliphatic heterocycles. The van der Waals surface area contributed by atoms with Gasteiger partial charge in [-0.2, -0.15) is 10.2 Å². The molecule has 2 bridgehead atoms. The zero-order valence-corrected chi connectivity index (χ0v) is 22.1. The zero-order chi connectivity index (χ0) is 27.3. The molecule has 8 rings (SSSR count). The number of pyridine rings is 1. The normalized spacial score (nSPS) is 19.2. The van der Waals surface area contributed by atoms with Crippen LogP contribution in [0.5, 0.6) is 0 Å². The van der Waals surface area contributed by atoms with Gasteiger partial charge < -0.3 is 9.47 Å². The van der Waals surface area contributed by atoms with Crippen LogP contribution in [0.15, 0.2) is 79.4 Å². The number of aromatic amines is 1. The summed E-state index contributed by atoms with van der Waals surface area (Å²) < 4.78 is 29.1. The summed E-state index contributed by atoms with van der Waals surface area (Å²) in [6.45, 7) is 3.21. The number of fused-ring (bicyclic) bond motifs is 4. The lowest BCUT2D eigenvalue weighted by molar-refractivity contribution is -0.140. The summed E-state index contributed by atoms with van der Waals surface area (Å²) >= 11 is 0. The molecule has 1 N–H and O–H groups in total. The number of H-pyrrole nitrogens is 1. The summed E-state index contributed by atoms with van der Waals surface area (Å²) in [7, 11) is 0. The summed E-state index contributed by atoms with van der Waals surface area (Å²) in [5.74, 6) is -0.302. The van der Waals surface area contributed by atoms with Crippen molar-refractivity contribution in [3.05, 3.63) is 90.8 Å². The summed E-state index contributed by atoms with van der Waals surface area (Å²) in [4.78, 5) is 11.3. The number of rotatable bonds is 5. The van der Waals surface area contributed by atoms with Crippen molar-refractivity contribution in [3.8, 4) is 33.6 Å². The lowest BCUT2D eigenvalue weighted by Gasteiger charge is -2.45. The highest BCUT2D eigenvalue weighted by molar-refractivity contribution is 6.02. The van der Waals surface area contributed by atoms with Crippen LogP contribution in [-0.2, 0) is 16.0 Å². The van der Waals surface area contributed by atoms with Crippen LogP contribution in [0.25, 0.3) is 50.2 Å². The molecule has 204 valence electrons. The molecular formula is C31H26FN7O2. The van der Waals surface area contributed by atoms with E-state index in [9.17, 15) is 0 Å². The van der Waals surface area contributed by atoms with Crippen LogP contribution < -0.4 is 0 Å². The van der Waals surface area contributed by atoms with Gasteiger partial charge in [-0.3, -0.25) is 15.0 Å². The molecule has 41 heavy (non-hydrogen) atoms. The minimum absolute atomic E-state index is 0.193. The SMILES string of the molecule is Fc1cc(CN2C3COCC2COC3)ccc1-c1ccnc2c(-c3cccc4[nH]ncc34)c(-c3ccncc3)nn12. The molecule has 0 amide bonds. The molecule has 10 heteroatoms. The molecule has 0 unspecified atom stereocenters. The van der Waals surface area contributed by atoms with E-state index in [1.54, 1.807) is 35.2 Å². The molecule has 0 saturated carbocycles. The predicted octanol–water partition coefficient (Wildman–Crippen LogP) is 4.74. The number of morpholine rings is 2. The minimum atomic E-state index is -0.302. The summed E-state index contributed by atoms with van der Waals surface area (Å²) in [6, 6.07) is 17.5. The van der Waals surface area contributed by atoms with Gasteiger partial charge in [-0.05, 0) is 47.5 Å². The highest BCUT2D eigenvalue weighted by Crippen LogP contribution is 2.39. The molecule has 0 atom stereocenters. The van der Waals surface area contributed by atoms with Crippen LogP contribution in [0.4, 0.5) is 4.39 Å². The third-order valence-corrected chi connectivity index (χ3v) is 8.08. The van der Waals surface area contributed by atoms with E-state index in [-0.39, 0.29) is 17.9 Å². The number of benzene rings is 2. The monoisotopic (exact) mass is 547 g/mol. The van der Waals surface area contributed by atoms with Gasteiger partial charge in [0.2, 0.25) is 0 Å². The van der Waals surface area contributed by atoms with E-state index in [0.29, 0.717) is 49.9 Å². The number of nitrogens with one attached hydrogen (secondary N) is 1. The van der Waals surface area contributed by atoms with Crippen LogP contribution in [0.2, 0.25) is 0 Å². The fourth-order valence-electron chi connectivity index (χ4n) is 6.09. The van der Waals surface area contributed by atoms with Gasteiger partial charge in [0.05, 0.1) is 61.5 Å². The first kappa shape index (κ1) is 24.3. The average Bonchev–Trinajstić information content (AvgIpc) is 3.63. The Balaban J connectivity index is 1.25. The van der Waals surface area contributed by atoms with Crippen molar-refractivity contribution < 1.29 is 13.9 Å². The van der Waals surface area contributed by atoms with Gasteiger partial charge >= 0.3 is 0 Å². The van der Waals surface area contributed by atoms with Crippen molar-refractivity contribution in [2.45, 2.75) is 18.6 Å². The lowest BCUT2D eigenvalue weighted by atomic mass is 9.99. The van der Waals surface area contributed by atoms with Crippen LogP contribution in [-0.4, -0.2) is 73.2 Å².